The number of rotatable bonds is 6. The van der Waals surface area contributed by atoms with Crippen molar-refractivity contribution < 1.29 is 17.9 Å². The molecule has 0 spiro atoms. The fourth-order valence-corrected chi connectivity index (χ4v) is 7.89. The first kappa shape index (κ1) is 28.4. The van der Waals surface area contributed by atoms with Gasteiger partial charge in [0.25, 0.3) is 10.0 Å². The number of hydrogen-bond acceptors (Lipinski definition) is 8. The van der Waals surface area contributed by atoms with Crippen molar-refractivity contribution in [3.8, 4) is 5.69 Å². The quantitative estimate of drug-likeness (QED) is 0.401. The minimum Gasteiger partial charge on any atom is -0.444 e. The molecule has 12 heteroatoms. The summed E-state index contributed by atoms with van der Waals surface area (Å²) in [5.74, 6) is 0.964. The molecule has 1 atom stereocenters. The van der Waals surface area contributed by atoms with Crippen molar-refractivity contribution in [3.05, 3.63) is 50.9 Å². The second-order valence-corrected chi connectivity index (χ2v) is 14.8. The lowest BCUT2D eigenvalue weighted by Crippen LogP contribution is -2.43. The van der Waals surface area contributed by atoms with Crippen molar-refractivity contribution in [1.82, 2.24) is 14.5 Å². The standard InChI is InChI=1S/C26H34N4O5S3/c1-16-9-11-20(12-10-16)38(33,34)28-22-21-23(37-18(3)17(2)30(21)24(31)27-22)36-15-19-8-7-13-29(14-19)25(32)35-26(4,5)6/h9-12,19H,7-8,13-15H2,1-6H3,(H,27,28,31). The summed E-state index contributed by atoms with van der Waals surface area (Å²) in [5.41, 5.74) is 1.06. The maximum atomic E-state index is 13.1. The maximum absolute atomic E-state index is 13.1. The first-order chi connectivity index (χ1) is 17.7. The number of imidazole rings is 1. The fourth-order valence-electron chi connectivity index (χ4n) is 4.28. The SMILES string of the molecule is Cc1ccc(S(=O)(=O)Nc2nc(=O)n3c(C)c(C)sc(SCC4CCCN(C(=O)OC(C)(C)C)C4)c2-3)cc1. The third-order valence-electron chi connectivity index (χ3n) is 6.31. The molecule has 4 rings (SSSR count). The molecule has 1 saturated heterocycles. The van der Waals surface area contributed by atoms with Gasteiger partial charge in [-0.3, -0.25) is 9.29 Å². The summed E-state index contributed by atoms with van der Waals surface area (Å²) in [6.45, 7) is 12.5. The van der Waals surface area contributed by atoms with Crippen LogP contribution >= 0.6 is 23.1 Å². The predicted octanol–water partition coefficient (Wildman–Crippen LogP) is 5.20. The Kier molecular flexibility index (Phi) is 8.15. The number of thioether (sulfide) groups is 1. The van der Waals surface area contributed by atoms with Crippen LogP contribution in [0.3, 0.4) is 0 Å². The zero-order valence-corrected chi connectivity index (χ0v) is 25.0. The van der Waals surface area contributed by atoms with Crippen molar-refractivity contribution in [2.75, 3.05) is 23.6 Å². The van der Waals surface area contributed by atoms with E-state index in [0.29, 0.717) is 24.5 Å². The van der Waals surface area contributed by atoms with E-state index in [9.17, 15) is 18.0 Å². The molecule has 0 aliphatic carbocycles. The van der Waals surface area contributed by atoms with Crippen LogP contribution in [0.4, 0.5) is 10.6 Å². The molecule has 1 N–H and O–H groups in total. The molecule has 0 saturated carbocycles. The van der Waals surface area contributed by atoms with Gasteiger partial charge in [0, 0.05) is 29.4 Å². The lowest BCUT2D eigenvalue weighted by atomic mass is 10.0. The summed E-state index contributed by atoms with van der Waals surface area (Å²) in [6.07, 6.45) is 1.55. The van der Waals surface area contributed by atoms with Crippen LogP contribution in [-0.4, -0.2) is 53.4 Å². The number of carbonyl (C=O) groups excluding carboxylic acids is 1. The third kappa shape index (κ3) is 6.35. The first-order valence-corrected chi connectivity index (χ1v) is 15.8. The van der Waals surface area contributed by atoms with E-state index in [1.807, 2.05) is 41.5 Å². The number of piperidine rings is 1. The maximum Gasteiger partial charge on any atom is 0.410 e. The molecule has 1 aromatic rings. The van der Waals surface area contributed by atoms with Gasteiger partial charge >= 0.3 is 11.8 Å². The number of sulfonamides is 1. The van der Waals surface area contributed by atoms with Gasteiger partial charge in [0.05, 0.1) is 9.10 Å². The predicted molar refractivity (Wildman–Crippen MR) is 152 cm³/mol. The molecule has 9 nitrogen and oxygen atoms in total. The number of fused-ring (bicyclic) bond motifs is 1. The number of benzene rings is 1. The molecular weight excluding hydrogens is 545 g/mol. The van der Waals surface area contributed by atoms with Crippen LogP contribution in [-0.2, 0) is 14.8 Å². The number of ether oxygens (including phenoxy) is 1. The summed E-state index contributed by atoms with van der Waals surface area (Å²) < 4.78 is 36.6. The van der Waals surface area contributed by atoms with Crippen LogP contribution in [0.25, 0.3) is 5.69 Å². The highest BCUT2D eigenvalue weighted by molar-refractivity contribution is 8.01. The van der Waals surface area contributed by atoms with Gasteiger partial charge in [-0.15, -0.1) is 23.1 Å². The lowest BCUT2D eigenvalue weighted by Gasteiger charge is -2.34. The Balaban J connectivity index is 1.59. The van der Waals surface area contributed by atoms with Crippen LogP contribution in [0.2, 0.25) is 0 Å². The zero-order valence-electron chi connectivity index (χ0n) is 22.5. The van der Waals surface area contributed by atoms with Gasteiger partial charge in [-0.05, 0) is 72.4 Å². The van der Waals surface area contributed by atoms with E-state index >= 15 is 0 Å². The number of aryl methyl sites for hydroxylation is 2. The Labute approximate surface area is 232 Å². The summed E-state index contributed by atoms with van der Waals surface area (Å²) in [4.78, 5) is 32.4. The number of nitrogens with one attached hydrogen (secondary N) is 1. The molecule has 1 amide bonds. The van der Waals surface area contributed by atoms with Crippen LogP contribution < -0.4 is 10.4 Å². The molecule has 1 aromatic carbocycles. The molecular formula is C26H34N4O5S3. The van der Waals surface area contributed by atoms with Crippen molar-refractivity contribution >= 4 is 45.0 Å². The van der Waals surface area contributed by atoms with Crippen molar-refractivity contribution in [3.63, 3.8) is 0 Å². The van der Waals surface area contributed by atoms with E-state index in [4.69, 9.17) is 4.74 Å². The van der Waals surface area contributed by atoms with Gasteiger partial charge in [-0.25, -0.2) is 18.0 Å². The number of anilines is 1. The van der Waals surface area contributed by atoms with Gasteiger partial charge < -0.3 is 9.64 Å². The van der Waals surface area contributed by atoms with Crippen molar-refractivity contribution in [1.29, 1.82) is 0 Å². The monoisotopic (exact) mass is 578 g/mol. The highest BCUT2D eigenvalue weighted by Gasteiger charge is 2.30. The van der Waals surface area contributed by atoms with E-state index in [1.165, 1.54) is 28.0 Å². The molecule has 3 aliphatic rings. The molecule has 0 radical (unpaired) electrons. The number of aromatic nitrogens is 2. The number of amides is 1. The highest BCUT2D eigenvalue weighted by Crippen LogP contribution is 2.40. The zero-order chi connectivity index (χ0) is 27.8. The van der Waals surface area contributed by atoms with Crippen molar-refractivity contribution in [2.24, 2.45) is 5.92 Å². The van der Waals surface area contributed by atoms with Crippen LogP contribution in [0.1, 0.15) is 49.7 Å². The van der Waals surface area contributed by atoms with E-state index in [-0.39, 0.29) is 22.7 Å². The number of nitrogens with zero attached hydrogens (tertiary/aromatic N) is 3. The summed E-state index contributed by atoms with van der Waals surface area (Å²) in [5, 5.41) is 0. The second kappa shape index (κ2) is 10.9. The normalized spacial score (nSPS) is 16.6. The molecule has 0 bridgehead atoms. The van der Waals surface area contributed by atoms with Gasteiger partial charge in [0.15, 0.2) is 5.82 Å². The average molecular weight is 579 g/mol. The molecule has 1 fully saturated rings. The van der Waals surface area contributed by atoms with Crippen LogP contribution in [0, 0.1) is 26.7 Å². The van der Waals surface area contributed by atoms with Crippen LogP contribution in [0.15, 0.2) is 38.2 Å². The van der Waals surface area contributed by atoms with Gasteiger partial charge in [0.2, 0.25) is 0 Å². The molecule has 206 valence electrons. The van der Waals surface area contributed by atoms with Gasteiger partial charge in [-0.1, -0.05) is 17.7 Å². The topological polar surface area (TPSA) is 111 Å². The average Bonchev–Trinajstić information content (AvgIpc) is 3.15. The fraction of sp³-hybridized carbons (Fsp3) is 0.500. The van der Waals surface area contributed by atoms with Crippen LogP contribution in [0.5, 0.6) is 0 Å². The summed E-state index contributed by atoms with van der Waals surface area (Å²) >= 11 is 3.07. The van der Waals surface area contributed by atoms with Gasteiger partial charge in [0.1, 0.15) is 11.3 Å². The Morgan fingerprint density at radius 2 is 1.89 bits per heavy atom. The van der Waals surface area contributed by atoms with E-state index in [1.54, 1.807) is 28.8 Å². The van der Waals surface area contributed by atoms with Crippen molar-refractivity contribution in [2.45, 2.75) is 69.1 Å². The summed E-state index contributed by atoms with van der Waals surface area (Å²) in [7, 11) is -3.94. The molecule has 3 heterocycles. The highest BCUT2D eigenvalue weighted by atomic mass is 32.2. The minimum absolute atomic E-state index is 0.0245. The third-order valence-corrected chi connectivity index (χ3v) is 10.3. The first-order valence-electron chi connectivity index (χ1n) is 12.5. The Morgan fingerprint density at radius 1 is 1.21 bits per heavy atom. The Morgan fingerprint density at radius 3 is 2.55 bits per heavy atom. The molecule has 0 aromatic heterocycles. The Bertz CT molecular complexity index is 1460. The van der Waals surface area contributed by atoms with E-state index in [0.717, 1.165) is 33.2 Å². The van der Waals surface area contributed by atoms with E-state index in [2.05, 4.69) is 9.71 Å². The molecule has 38 heavy (non-hydrogen) atoms. The smallest absolute Gasteiger partial charge is 0.410 e. The lowest BCUT2D eigenvalue weighted by molar-refractivity contribution is 0.0177. The Hall–Kier alpha value is -2.57. The number of likely N-dealkylation sites (tertiary alicyclic amines) is 1. The number of carbonyl (C=O) groups is 1. The largest absolute Gasteiger partial charge is 0.444 e. The number of hydrogen-bond donors (Lipinski definition) is 1. The molecule has 1 unspecified atom stereocenters. The second-order valence-electron chi connectivity index (χ2n) is 10.6. The summed E-state index contributed by atoms with van der Waals surface area (Å²) in [6, 6.07) is 6.50. The molecule has 3 aliphatic heterocycles. The van der Waals surface area contributed by atoms with E-state index < -0.39 is 21.3 Å². The van der Waals surface area contributed by atoms with Gasteiger partial charge in [-0.2, -0.15) is 4.98 Å². The minimum atomic E-state index is -3.94.